The molecule has 2 saturated heterocycles. The summed E-state index contributed by atoms with van der Waals surface area (Å²) >= 11 is 0. The fourth-order valence-corrected chi connectivity index (χ4v) is 2.91. The maximum Gasteiger partial charge on any atom is 0.226 e. The van der Waals surface area contributed by atoms with Gasteiger partial charge in [0, 0.05) is 12.5 Å². The van der Waals surface area contributed by atoms with Crippen LogP contribution in [0.15, 0.2) is 0 Å². The van der Waals surface area contributed by atoms with Crippen LogP contribution in [0.1, 0.15) is 25.7 Å². The number of piperidine rings is 1. The third-order valence-corrected chi connectivity index (χ3v) is 3.56. The quantitative estimate of drug-likeness (QED) is 0.473. The zero-order valence-corrected chi connectivity index (χ0v) is 6.62. The van der Waals surface area contributed by atoms with Crippen molar-refractivity contribution in [3.8, 4) is 0 Å². The van der Waals surface area contributed by atoms with Crippen molar-refractivity contribution in [1.29, 1.82) is 0 Å². The normalized spacial score (nSPS) is 47.1. The lowest BCUT2D eigenvalue weighted by molar-refractivity contribution is -0.128. The second-order valence-corrected chi connectivity index (χ2v) is 4.11. The Morgan fingerprint density at radius 2 is 2.09 bits per heavy atom. The minimum atomic E-state index is 0.447. The van der Waals surface area contributed by atoms with Crippen LogP contribution < -0.4 is 0 Å². The van der Waals surface area contributed by atoms with Crippen molar-refractivity contribution < 1.29 is 4.79 Å². The van der Waals surface area contributed by atoms with E-state index in [1.165, 1.54) is 25.7 Å². The minimum absolute atomic E-state index is 0.447. The van der Waals surface area contributed by atoms with Crippen molar-refractivity contribution >= 4 is 5.91 Å². The van der Waals surface area contributed by atoms with E-state index in [9.17, 15) is 4.79 Å². The predicted octanol–water partition coefficient (Wildman–Crippen LogP) is 1.02. The highest BCUT2D eigenvalue weighted by Crippen LogP contribution is 2.47. The fraction of sp³-hybridized carbons (Fsp3) is 0.889. The highest BCUT2D eigenvalue weighted by Gasteiger charge is 2.57. The molecule has 3 unspecified atom stereocenters. The van der Waals surface area contributed by atoms with Crippen molar-refractivity contribution in [1.82, 2.24) is 4.90 Å². The van der Waals surface area contributed by atoms with Gasteiger partial charge in [0.25, 0.3) is 0 Å². The van der Waals surface area contributed by atoms with Crippen molar-refractivity contribution in [2.45, 2.75) is 31.7 Å². The van der Waals surface area contributed by atoms with E-state index in [0.717, 1.165) is 12.5 Å². The summed E-state index contributed by atoms with van der Waals surface area (Å²) in [5.41, 5.74) is 0. The van der Waals surface area contributed by atoms with E-state index >= 15 is 0 Å². The van der Waals surface area contributed by atoms with Gasteiger partial charge in [-0.25, -0.2) is 0 Å². The Morgan fingerprint density at radius 3 is 2.91 bits per heavy atom. The SMILES string of the molecule is O=C1C2CCCCC2C2CN12. The molecule has 2 heteroatoms. The molecule has 3 fully saturated rings. The topological polar surface area (TPSA) is 20.1 Å². The summed E-state index contributed by atoms with van der Waals surface area (Å²) in [6, 6.07) is 0.688. The fourth-order valence-electron chi connectivity index (χ4n) is 2.91. The zero-order valence-electron chi connectivity index (χ0n) is 6.62. The molecule has 0 bridgehead atoms. The van der Waals surface area contributed by atoms with Gasteiger partial charge in [0.2, 0.25) is 5.91 Å². The second kappa shape index (κ2) is 1.79. The first kappa shape index (κ1) is 6.04. The van der Waals surface area contributed by atoms with Crippen LogP contribution in [0.4, 0.5) is 0 Å². The molecule has 0 aromatic rings. The number of fused-ring (bicyclic) bond motifs is 3. The van der Waals surface area contributed by atoms with Gasteiger partial charge in [0.15, 0.2) is 0 Å². The van der Waals surface area contributed by atoms with E-state index in [-0.39, 0.29) is 0 Å². The third-order valence-electron chi connectivity index (χ3n) is 3.56. The van der Waals surface area contributed by atoms with Crippen molar-refractivity contribution in [2.24, 2.45) is 11.8 Å². The number of hydrogen-bond acceptors (Lipinski definition) is 1. The Morgan fingerprint density at radius 1 is 1.27 bits per heavy atom. The molecule has 1 aliphatic carbocycles. The van der Waals surface area contributed by atoms with Crippen LogP contribution >= 0.6 is 0 Å². The molecule has 2 nitrogen and oxygen atoms in total. The molecular formula is C9H13NO. The summed E-state index contributed by atoms with van der Waals surface area (Å²) in [4.78, 5) is 13.6. The minimum Gasteiger partial charge on any atom is -0.335 e. The highest BCUT2D eigenvalue weighted by atomic mass is 16.2. The van der Waals surface area contributed by atoms with Gasteiger partial charge in [-0.3, -0.25) is 4.79 Å². The number of rotatable bonds is 0. The van der Waals surface area contributed by atoms with E-state index in [2.05, 4.69) is 4.90 Å². The summed E-state index contributed by atoms with van der Waals surface area (Å²) in [6.45, 7) is 1.08. The van der Waals surface area contributed by atoms with Crippen molar-refractivity contribution in [2.75, 3.05) is 6.54 Å². The Bertz CT molecular complexity index is 214. The number of hydrogen-bond donors (Lipinski definition) is 0. The van der Waals surface area contributed by atoms with E-state index < -0.39 is 0 Å². The predicted molar refractivity (Wildman–Crippen MR) is 40.9 cm³/mol. The molecule has 3 aliphatic rings. The molecule has 0 N–H and O–H groups in total. The summed E-state index contributed by atoms with van der Waals surface area (Å²) in [5, 5.41) is 0. The monoisotopic (exact) mass is 151 g/mol. The summed E-state index contributed by atoms with van der Waals surface area (Å²) in [7, 11) is 0. The van der Waals surface area contributed by atoms with E-state index in [1.54, 1.807) is 0 Å². The van der Waals surface area contributed by atoms with Gasteiger partial charge in [0.1, 0.15) is 0 Å². The van der Waals surface area contributed by atoms with Crippen LogP contribution in [0.3, 0.4) is 0 Å². The summed E-state index contributed by atoms with van der Waals surface area (Å²) in [6.07, 6.45) is 5.14. The van der Waals surface area contributed by atoms with Gasteiger partial charge >= 0.3 is 0 Å². The molecule has 11 heavy (non-hydrogen) atoms. The first-order valence-electron chi connectivity index (χ1n) is 4.68. The average Bonchev–Trinajstić information content (AvgIpc) is 2.78. The van der Waals surface area contributed by atoms with Crippen LogP contribution in [0.5, 0.6) is 0 Å². The molecule has 0 radical (unpaired) electrons. The van der Waals surface area contributed by atoms with E-state index in [0.29, 0.717) is 17.9 Å². The third kappa shape index (κ3) is 0.652. The molecule has 0 aromatic carbocycles. The molecule has 1 amide bonds. The first-order chi connectivity index (χ1) is 5.38. The van der Waals surface area contributed by atoms with Crippen molar-refractivity contribution in [3.63, 3.8) is 0 Å². The first-order valence-corrected chi connectivity index (χ1v) is 4.68. The Kier molecular flexibility index (Phi) is 0.984. The summed E-state index contributed by atoms with van der Waals surface area (Å²) < 4.78 is 0. The van der Waals surface area contributed by atoms with Crippen LogP contribution in [-0.2, 0) is 4.79 Å². The lowest BCUT2D eigenvalue weighted by Crippen LogP contribution is -2.25. The highest BCUT2D eigenvalue weighted by molar-refractivity contribution is 5.85. The Balaban J connectivity index is 1.89. The Hall–Kier alpha value is -0.530. The molecule has 60 valence electrons. The molecule has 1 saturated carbocycles. The average molecular weight is 151 g/mol. The standard InChI is InChI=1S/C9H13NO/c11-9-7-4-2-1-3-6(7)8-5-10(8)9/h6-8H,1-5H2. The van der Waals surface area contributed by atoms with Crippen molar-refractivity contribution in [3.05, 3.63) is 0 Å². The molecule has 2 heterocycles. The number of nitrogens with zero attached hydrogens (tertiary/aromatic N) is 1. The molecular weight excluding hydrogens is 138 g/mol. The van der Waals surface area contributed by atoms with Gasteiger partial charge in [-0.05, 0) is 18.8 Å². The molecule has 0 aromatic heterocycles. The van der Waals surface area contributed by atoms with Crippen LogP contribution in [0, 0.1) is 11.8 Å². The van der Waals surface area contributed by atoms with Gasteiger partial charge in [0.05, 0.1) is 6.04 Å². The molecule has 2 aliphatic heterocycles. The number of amides is 1. The maximum absolute atomic E-state index is 11.5. The lowest BCUT2D eigenvalue weighted by Gasteiger charge is -2.23. The van der Waals surface area contributed by atoms with Gasteiger partial charge in [-0.1, -0.05) is 12.8 Å². The van der Waals surface area contributed by atoms with Gasteiger partial charge < -0.3 is 4.90 Å². The molecule has 3 atom stereocenters. The van der Waals surface area contributed by atoms with Crippen LogP contribution in [-0.4, -0.2) is 23.4 Å². The zero-order chi connectivity index (χ0) is 7.42. The van der Waals surface area contributed by atoms with Gasteiger partial charge in [-0.2, -0.15) is 0 Å². The second-order valence-electron chi connectivity index (χ2n) is 4.11. The van der Waals surface area contributed by atoms with E-state index in [4.69, 9.17) is 0 Å². The largest absolute Gasteiger partial charge is 0.335 e. The lowest BCUT2D eigenvalue weighted by atomic mass is 9.79. The molecule has 0 spiro atoms. The van der Waals surface area contributed by atoms with Crippen LogP contribution in [0.25, 0.3) is 0 Å². The Labute approximate surface area is 66.6 Å². The maximum atomic E-state index is 11.5. The molecule has 3 rings (SSSR count). The van der Waals surface area contributed by atoms with Gasteiger partial charge in [-0.15, -0.1) is 0 Å². The number of carbonyl (C=O) groups excluding carboxylic acids is 1. The van der Waals surface area contributed by atoms with E-state index in [1.807, 2.05) is 0 Å². The number of carbonyl (C=O) groups is 1. The van der Waals surface area contributed by atoms with Crippen LogP contribution in [0.2, 0.25) is 0 Å². The smallest absolute Gasteiger partial charge is 0.226 e. The summed E-state index contributed by atoms with van der Waals surface area (Å²) in [5.74, 6) is 1.68.